The van der Waals surface area contributed by atoms with Crippen LogP contribution in [0.15, 0.2) is 35.1 Å². The van der Waals surface area contributed by atoms with Crippen molar-refractivity contribution in [3.05, 3.63) is 46.4 Å². The van der Waals surface area contributed by atoms with E-state index < -0.39 is 0 Å². The van der Waals surface area contributed by atoms with Gasteiger partial charge in [0.2, 0.25) is 5.91 Å². The Bertz CT molecular complexity index is 1030. The van der Waals surface area contributed by atoms with Gasteiger partial charge in [0.25, 0.3) is 5.56 Å². The normalized spacial score (nSPS) is 15.8. The summed E-state index contributed by atoms with van der Waals surface area (Å²) in [5.74, 6) is 0.0986. The van der Waals surface area contributed by atoms with Crippen LogP contribution in [0.5, 0.6) is 0 Å². The minimum absolute atomic E-state index is 0.0986. The molecule has 3 aromatic rings. The molecule has 1 saturated heterocycles. The minimum atomic E-state index is -0.257. The molecule has 0 aliphatic carbocycles. The third-order valence-corrected chi connectivity index (χ3v) is 5.20. The molecular weight excluding hydrogens is 330 g/mol. The van der Waals surface area contributed by atoms with Gasteiger partial charge in [-0.3, -0.25) is 14.3 Å². The average molecular weight is 353 g/mol. The van der Waals surface area contributed by atoms with Crippen LogP contribution >= 0.6 is 0 Å². The number of aryl methyl sites for hydroxylation is 1. The highest BCUT2D eigenvalue weighted by Gasteiger charge is 2.22. The zero-order chi connectivity index (χ0) is 18.3. The van der Waals surface area contributed by atoms with Crippen molar-refractivity contribution in [2.75, 3.05) is 32.7 Å². The molecule has 0 atom stereocenters. The Hall–Kier alpha value is -2.67. The number of para-hydroxylation sites is 1. The molecule has 0 saturated carbocycles. The molecule has 0 spiro atoms. The Morgan fingerprint density at radius 2 is 1.88 bits per heavy atom. The third-order valence-electron chi connectivity index (χ3n) is 5.20. The number of rotatable bonds is 3. The summed E-state index contributed by atoms with van der Waals surface area (Å²) in [4.78, 5) is 33.2. The van der Waals surface area contributed by atoms with Gasteiger partial charge in [-0.15, -0.1) is 0 Å². The van der Waals surface area contributed by atoms with Crippen LogP contribution in [0.3, 0.4) is 0 Å². The summed E-state index contributed by atoms with van der Waals surface area (Å²) in [6.45, 7) is 8.63. The Kier molecular flexibility index (Phi) is 4.24. The number of hydrogen-bond donors (Lipinski definition) is 0. The second kappa shape index (κ2) is 6.57. The number of aromatic nitrogens is 3. The molecule has 1 aliphatic heterocycles. The van der Waals surface area contributed by atoms with E-state index in [4.69, 9.17) is 0 Å². The Balaban J connectivity index is 1.74. The number of hydrogen-bond acceptors (Lipinski definition) is 4. The van der Waals surface area contributed by atoms with Crippen LogP contribution in [0.25, 0.3) is 16.6 Å². The zero-order valence-electron chi connectivity index (χ0n) is 15.2. The van der Waals surface area contributed by atoms with Gasteiger partial charge in [-0.1, -0.05) is 19.1 Å². The number of carbonyl (C=O) groups is 1. The molecule has 1 aliphatic rings. The fourth-order valence-electron chi connectivity index (χ4n) is 3.76. The minimum Gasteiger partial charge on any atom is -0.339 e. The monoisotopic (exact) mass is 353 g/mol. The molecule has 26 heavy (non-hydrogen) atoms. The van der Waals surface area contributed by atoms with Gasteiger partial charge >= 0.3 is 0 Å². The number of piperazine rings is 1. The van der Waals surface area contributed by atoms with Crippen LogP contribution in [0.1, 0.15) is 12.6 Å². The molecule has 0 radical (unpaired) electrons. The van der Waals surface area contributed by atoms with Gasteiger partial charge in [-0.05, 0) is 25.6 Å². The van der Waals surface area contributed by atoms with Gasteiger partial charge in [0.05, 0.1) is 5.52 Å². The van der Waals surface area contributed by atoms with Crippen LogP contribution < -0.4 is 5.56 Å². The van der Waals surface area contributed by atoms with Crippen molar-refractivity contribution in [1.82, 2.24) is 24.0 Å². The first-order valence-electron chi connectivity index (χ1n) is 9.06. The van der Waals surface area contributed by atoms with Gasteiger partial charge < -0.3 is 9.80 Å². The molecule has 4 rings (SSSR count). The maximum atomic E-state index is 12.9. The molecule has 1 aromatic carbocycles. The van der Waals surface area contributed by atoms with E-state index in [9.17, 15) is 9.59 Å². The molecule has 136 valence electrons. The van der Waals surface area contributed by atoms with Crippen LogP contribution in [-0.4, -0.2) is 62.6 Å². The number of benzene rings is 1. The number of carbonyl (C=O) groups excluding carboxylic acids is 1. The first-order valence-corrected chi connectivity index (χ1v) is 9.06. The predicted molar refractivity (Wildman–Crippen MR) is 100 cm³/mol. The number of amides is 1. The van der Waals surface area contributed by atoms with Crippen LogP contribution in [0.2, 0.25) is 0 Å². The van der Waals surface area contributed by atoms with Crippen molar-refractivity contribution in [2.24, 2.45) is 0 Å². The second-order valence-electron chi connectivity index (χ2n) is 6.76. The molecule has 1 amide bonds. The van der Waals surface area contributed by atoms with Crippen molar-refractivity contribution in [3.63, 3.8) is 0 Å². The highest BCUT2D eigenvalue weighted by molar-refractivity contribution is 5.93. The summed E-state index contributed by atoms with van der Waals surface area (Å²) in [6.07, 6.45) is 0. The lowest BCUT2D eigenvalue weighted by Crippen LogP contribution is -2.49. The lowest BCUT2D eigenvalue weighted by molar-refractivity contribution is -0.133. The quantitative estimate of drug-likeness (QED) is 0.708. The molecule has 7 heteroatoms. The Morgan fingerprint density at radius 1 is 1.15 bits per heavy atom. The van der Waals surface area contributed by atoms with E-state index in [0.29, 0.717) is 5.65 Å². The summed E-state index contributed by atoms with van der Waals surface area (Å²) < 4.78 is 3.81. The van der Waals surface area contributed by atoms with Crippen LogP contribution in [0, 0.1) is 6.92 Å². The molecule has 2 aromatic heterocycles. The van der Waals surface area contributed by atoms with Crippen molar-refractivity contribution >= 4 is 22.5 Å². The van der Waals surface area contributed by atoms with Crippen molar-refractivity contribution in [1.29, 1.82) is 0 Å². The highest BCUT2D eigenvalue weighted by atomic mass is 16.2. The largest absolute Gasteiger partial charge is 0.339 e. The topological polar surface area (TPSA) is 62.9 Å². The summed E-state index contributed by atoms with van der Waals surface area (Å²) in [6, 6.07) is 9.28. The summed E-state index contributed by atoms with van der Waals surface area (Å²) >= 11 is 0. The van der Waals surface area contributed by atoms with E-state index in [-0.39, 0.29) is 18.0 Å². The Morgan fingerprint density at radius 3 is 2.62 bits per heavy atom. The van der Waals surface area contributed by atoms with Crippen LogP contribution in [-0.2, 0) is 11.3 Å². The Labute approximate surface area is 151 Å². The highest BCUT2D eigenvalue weighted by Crippen LogP contribution is 2.21. The van der Waals surface area contributed by atoms with Gasteiger partial charge in [0, 0.05) is 43.3 Å². The maximum absolute atomic E-state index is 12.9. The van der Waals surface area contributed by atoms with Crippen LogP contribution in [0.4, 0.5) is 0 Å². The fraction of sp³-hybridized carbons (Fsp3) is 0.421. The molecular formula is C19H23N5O2. The van der Waals surface area contributed by atoms with E-state index >= 15 is 0 Å². The molecule has 0 bridgehead atoms. The lowest BCUT2D eigenvalue weighted by Gasteiger charge is -2.34. The van der Waals surface area contributed by atoms with Crippen molar-refractivity contribution < 1.29 is 4.79 Å². The van der Waals surface area contributed by atoms with Gasteiger partial charge in [-0.25, -0.2) is 4.52 Å². The number of nitrogens with zero attached hydrogens (tertiary/aromatic N) is 5. The van der Waals surface area contributed by atoms with E-state index in [1.54, 1.807) is 0 Å². The zero-order valence-corrected chi connectivity index (χ0v) is 15.2. The molecule has 0 unspecified atom stereocenters. The molecule has 3 heterocycles. The molecule has 1 fully saturated rings. The first kappa shape index (κ1) is 16.8. The van der Waals surface area contributed by atoms with Gasteiger partial charge in [-0.2, -0.15) is 4.98 Å². The molecule has 0 N–H and O–H groups in total. The fourth-order valence-corrected chi connectivity index (χ4v) is 3.76. The summed E-state index contributed by atoms with van der Waals surface area (Å²) in [5.41, 5.74) is 2.04. The second-order valence-corrected chi connectivity index (χ2v) is 6.76. The van der Waals surface area contributed by atoms with E-state index in [1.165, 1.54) is 6.07 Å². The number of likely N-dealkylation sites (N-methyl/N-ethyl adjacent to an activating group) is 1. The third kappa shape index (κ3) is 2.78. The predicted octanol–water partition coefficient (Wildman–Crippen LogP) is 1.12. The van der Waals surface area contributed by atoms with E-state index in [1.807, 2.05) is 45.3 Å². The molecule has 7 nitrogen and oxygen atoms in total. The average Bonchev–Trinajstić information content (AvgIpc) is 2.96. The van der Waals surface area contributed by atoms with Crippen molar-refractivity contribution in [3.8, 4) is 0 Å². The number of fused-ring (bicyclic) bond motifs is 3. The summed E-state index contributed by atoms with van der Waals surface area (Å²) in [7, 11) is 0. The van der Waals surface area contributed by atoms with E-state index in [2.05, 4.69) is 16.8 Å². The summed E-state index contributed by atoms with van der Waals surface area (Å²) in [5, 5.41) is 0.886. The first-order chi connectivity index (χ1) is 12.6. The lowest BCUT2D eigenvalue weighted by atomic mass is 10.2. The maximum Gasteiger partial charge on any atom is 0.273 e. The SMILES string of the molecule is CCN1CCN(C(=O)Cn2c3ccccc3c3nc(=O)cc(C)n32)CC1. The van der Waals surface area contributed by atoms with Gasteiger partial charge in [0.15, 0.2) is 5.65 Å². The smallest absolute Gasteiger partial charge is 0.273 e. The van der Waals surface area contributed by atoms with E-state index in [0.717, 1.165) is 49.3 Å². The van der Waals surface area contributed by atoms with Crippen molar-refractivity contribution in [2.45, 2.75) is 20.4 Å². The standard InChI is InChI=1S/C19H23N5O2/c1-3-21-8-10-22(11-9-21)18(26)13-23-16-7-5-4-6-15(16)19-20-17(25)12-14(2)24(19)23/h4-7,12H,3,8-11,13H2,1-2H3. The van der Waals surface area contributed by atoms with Gasteiger partial charge in [0.1, 0.15) is 6.54 Å².